The first-order valence-electron chi connectivity index (χ1n) is 7.96. The zero-order chi connectivity index (χ0) is 15.3. The van der Waals surface area contributed by atoms with Crippen molar-refractivity contribution in [2.45, 2.75) is 48.8 Å². The third kappa shape index (κ3) is 1.60. The van der Waals surface area contributed by atoms with Gasteiger partial charge < -0.3 is 25.3 Å². The van der Waals surface area contributed by atoms with Crippen LogP contribution < -0.4 is 4.74 Å². The minimum absolute atomic E-state index is 0. The zero-order valence-corrected chi connectivity index (χ0v) is 14.2. The van der Waals surface area contributed by atoms with Gasteiger partial charge >= 0.3 is 0 Å². The first kappa shape index (κ1) is 17.5. The molecule has 7 heteroatoms. The van der Waals surface area contributed by atoms with E-state index >= 15 is 0 Å². The highest BCUT2D eigenvalue weighted by atomic mass is 35.5. The molecule has 24 heavy (non-hydrogen) atoms. The smallest absolute Gasteiger partial charge is 0.174 e. The minimum atomic E-state index is -0.954. The molecule has 4 N–H and O–H groups in total. The Bertz CT molecular complexity index is 725. The predicted molar refractivity (Wildman–Crippen MR) is 89.0 cm³/mol. The SMILES string of the molecule is CN1CC[C@]23c4c5ccc(O)c4O[C@H]2C(=O)CC[C@@]3(O)[C@H]1C5.Cl.O. The van der Waals surface area contributed by atoms with Crippen LogP contribution in [0.25, 0.3) is 0 Å². The van der Waals surface area contributed by atoms with E-state index in [1.54, 1.807) is 6.07 Å². The lowest BCUT2D eigenvalue weighted by atomic mass is 9.49. The summed E-state index contributed by atoms with van der Waals surface area (Å²) in [6.45, 7) is 0.828. The monoisotopic (exact) mass is 355 g/mol. The van der Waals surface area contributed by atoms with Crippen molar-refractivity contribution in [2.24, 2.45) is 0 Å². The Kier molecular flexibility index (Phi) is 3.70. The number of nitrogens with zero attached hydrogens (tertiary/aromatic N) is 1. The highest BCUT2D eigenvalue weighted by Crippen LogP contribution is 2.64. The van der Waals surface area contributed by atoms with Gasteiger partial charge in [-0.2, -0.15) is 0 Å². The number of phenols is 1. The van der Waals surface area contributed by atoms with Crippen LogP contribution in [0.4, 0.5) is 0 Å². The summed E-state index contributed by atoms with van der Waals surface area (Å²) in [4.78, 5) is 14.7. The number of ether oxygens (including phenoxy) is 1. The number of piperidine rings is 1. The van der Waals surface area contributed by atoms with Crippen molar-refractivity contribution in [2.75, 3.05) is 13.6 Å². The van der Waals surface area contributed by atoms with Crippen LogP contribution in [0, 0.1) is 0 Å². The lowest BCUT2D eigenvalue weighted by Crippen LogP contribution is -2.76. The van der Waals surface area contributed by atoms with Crippen molar-refractivity contribution in [3.05, 3.63) is 23.3 Å². The highest BCUT2D eigenvalue weighted by Gasteiger charge is 2.72. The molecule has 0 aromatic heterocycles. The van der Waals surface area contributed by atoms with Gasteiger partial charge in [0.25, 0.3) is 0 Å². The van der Waals surface area contributed by atoms with Crippen LogP contribution in [0.2, 0.25) is 0 Å². The lowest BCUT2D eigenvalue weighted by molar-refractivity contribution is -0.185. The number of ketones is 1. The first-order chi connectivity index (χ1) is 10.5. The molecular formula is C17H22ClNO5. The van der Waals surface area contributed by atoms with Crippen LogP contribution in [0.1, 0.15) is 30.4 Å². The van der Waals surface area contributed by atoms with Gasteiger partial charge in [0.05, 0.1) is 11.0 Å². The molecule has 1 saturated carbocycles. The number of carbonyl (C=O) groups excluding carboxylic acids is 1. The molecule has 1 saturated heterocycles. The Morgan fingerprint density at radius 3 is 2.83 bits per heavy atom. The summed E-state index contributed by atoms with van der Waals surface area (Å²) in [6, 6.07) is 3.57. The molecule has 6 nitrogen and oxygen atoms in total. The normalized spacial score (nSPS) is 38.5. The summed E-state index contributed by atoms with van der Waals surface area (Å²) in [5.41, 5.74) is 0.370. The third-order valence-corrected chi connectivity index (χ3v) is 6.53. The molecule has 4 atom stereocenters. The summed E-state index contributed by atoms with van der Waals surface area (Å²) < 4.78 is 5.94. The Balaban J connectivity index is 0.000000845. The molecule has 0 amide bonds. The summed E-state index contributed by atoms with van der Waals surface area (Å²) in [5.74, 6) is 0.561. The van der Waals surface area contributed by atoms with Gasteiger partial charge in [-0.15, -0.1) is 12.4 Å². The van der Waals surface area contributed by atoms with Gasteiger partial charge in [0.15, 0.2) is 23.4 Å². The maximum absolute atomic E-state index is 12.5. The van der Waals surface area contributed by atoms with Gasteiger partial charge in [0.1, 0.15) is 0 Å². The number of Topliss-reactive ketones (excluding diaryl/α,β-unsaturated/α-hetero) is 1. The number of aromatic hydroxyl groups is 1. The Labute approximate surface area is 146 Å². The predicted octanol–water partition coefficient (Wildman–Crippen LogP) is 0.342. The molecule has 0 unspecified atom stereocenters. The fraction of sp³-hybridized carbons (Fsp3) is 0.588. The number of aliphatic hydroxyl groups is 1. The molecule has 1 spiro atoms. The van der Waals surface area contributed by atoms with E-state index in [1.165, 1.54) is 0 Å². The van der Waals surface area contributed by atoms with Crippen molar-refractivity contribution < 1.29 is 25.2 Å². The van der Waals surface area contributed by atoms with Crippen LogP contribution in [-0.4, -0.2) is 57.7 Å². The van der Waals surface area contributed by atoms with Crippen molar-refractivity contribution in [3.63, 3.8) is 0 Å². The molecule has 1 aromatic carbocycles. The minimum Gasteiger partial charge on any atom is -0.504 e. The number of benzene rings is 1. The summed E-state index contributed by atoms with van der Waals surface area (Å²) >= 11 is 0. The molecule has 5 rings (SSSR count). The number of phenolic OH excluding ortho intramolecular Hbond substituents is 1. The van der Waals surface area contributed by atoms with Gasteiger partial charge in [0, 0.05) is 18.0 Å². The second kappa shape index (κ2) is 5.08. The van der Waals surface area contributed by atoms with Crippen LogP contribution in [0.15, 0.2) is 12.1 Å². The molecule has 1 aromatic rings. The maximum atomic E-state index is 12.5. The van der Waals surface area contributed by atoms with Crippen molar-refractivity contribution in [1.82, 2.24) is 4.90 Å². The number of hydrogen-bond acceptors (Lipinski definition) is 5. The van der Waals surface area contributed by atoms with E-state index in [9.17, 15) is 15.0 Å². The van der Waals surface area contributed by atoms with Gasteiger partial charge in [-0.3, -0.25) is 4.79 Å². The molecule has 4 aliphatic rings. The largest absolute Gasteiger partial charge is 0.504 e. The molecular weight excluding hydrogens is 334 g/mol. The van der Waals surface area contributed by atoms with E-state index in [-0.39, 0.29) is 35.5 Å². The maximum Gasteiger partial charge on any atom is 0.174 e. The van der Waals surface area contributed by atoms with E-state index in [0.29, 0.717) is 25.0 Å². The van der Waals surface area contributed by atoms with Gasteiger partial charge in [-0.1, -0.05) is 6.07 Å². The average Bonchev–Trinajstić information content (AvgIpc) is 2.85. The molecule has 132 valence electrons. The van der Waals surface area contributed by atoms with E-state index < -0.39 is 17.1 Å². The number of likely N-dealkylation sites (N-methyl/N-ethyl adjacent to an activating group) is 1. The topological polar surface area (TPSA) is 102 Å². The standard InChI is InChI=1S/C17H19NO4.ClH.H2O/c1-18-7-6-16-13-9-2-3-10(19)14(13)22-15(16)11(20)4-5-17(16,21)12(18)8-9;;/h2-3,12,15,19,21H,4-8H2,1H3;1H;1H2/t12-,15+,16+,17-;;/m1../s1. The molecule has 2 aliphatic heterocycles. The van der Waals surface area contributed by atoms with Crippen LogP contribution in [-0.2, 0) is 16.6 Å². The average molecular weight is 356 g/mol. The highest BCUT2D eigenvalue weighted by molar-refractivity contribution is 5.90. The quantitative estimate of drug-likeness (QED) is 0.699. The second-order valence-corrected chi connectivity index (χ2v) is 7.26. The number of rotatable bonds is 0. The van der Waals surface area contributed by atoms with Gasteiger partial charge in [-0.05, 0) is 44.5 Å². The molecule has 2 fully saturated rings. The van der Waals surface area contributed by atoms with E-state index in [4.69, 9.17) is 4.74 Å². The Morgan fingerprint density at radius 1 is 1.33 bits per heavy atom. The molecule has 2 aliphatic carbocycles. The zero-order valence-electron chi connectivity index (χ0n) is 13.4. The summed E-state index contributed by atoms with van der Waals surface area (Å²) in [6.07, 6.45) is 1.61. The van der Waals surface area contributed by atoms with E-state index in [0.717, 1.165) is 24.1 Å². The number of carbonyl (C=O) groups is 1. The number of halogens is 1. The van der Waals surface area contributed by atoms with E-state index in [2.05, 4.69) is 4.90 Å². The van der Waals surface area contributed by atoms with Crippen molar-refractivity contribution in [1.29, 1.82) is 0 Å². The lowest BCUT2D eigenvalue weighted by Gasteiger charge is -2.61. The van der Waals surface area contributed by atoms with Crippen LogP contribution >= 0.6 is 12.4 Å². The summed E-state index contributed by atoms with van der Waals surface area (Å²) in [7, 11) is 2.04. The molecule has 2 heterocycles. The Hall–Kier alpha value is -1.34. The molecule has 0 radical (unpaired) electrons. The first-order valence-corrected chi connectivity index (χ1v) is 7.96. The van der Waals surface area contributed by atoms with E-state index in [1.807, 2.05) is 13.1 Å². The number of likely N-dealkylation sites (tertiary alicyclic amines) is 1. The van der Waals surface area contributed by atoms with Crippen LogP contribution in [0.3, 0.4) is 0 Å². The van der Waals surface area contributed by atoms with Crippen molar-refractivity contribution in [3.8, 4) is 11.5 Å². The Morgan fingerprint density at radius 2 is 2.08 bits per heavy atom. The molecule has 2 bridgehead atoms. The van der Waals surface area contributed by atoms with Gasteiger partial charge in [0.2, 0.25) is 0 Å². The second-order valence-electron chi connectivity index (χ2n) is 7.26. The van der Waals surface area contributed by atoms with Crippen LogP contribution in [0.5, 0.6) is 11.5 Å². The summed E-state index contributed by atoms with van der Waals surface area (Å²) in [5, 5.41) is 21.8. The fourth-order valence-corrected chi connectivity index (χ4v) is 5.54. The fourth-order valence-electron chi connectivity index (χ4n) is 5.54. The number of hydrogen-bond donors (Lipinski definition) is 2. The van der Waals surface area contributed by atoms with Gasteiger partial charge in [-0.25, -0.2) is 0 Å². The third-order valence-electron chi connectivity index (χ3n) is 6.53. The van der Waals surface area contributed by atoms with Crippen molar-refractivity contribution >= 4 is 18.2 Å².